The van der Waals surface area contributed by atoms with E-state index in [-0.39, 0.29) is 28.6 Å². The molecule has 1 fully saturated rings. The normalized spacial score (nSPS) is 22.9. The average molecular weight is 307 g/mol. The van der Waals surface area contributed by atoms with Crippen LogP contribution in [0.1, 0.15) is 24.8 Å². The van der Waals surface area contributed by atoms with Gasteiger partial charge in [-0.25, -0.2) is 0 Å². The van der Waals surface area contributed by atoms with E-state index in [4.69, 9.17) is 17.3 Å². The number of rotatable bonds is 2. The Kier molecular flexibility index (Phi) is 4.25. The highest BCUT2D eigenvalue weighted by Gasteiger charge is 2.31. The van der Waals surface area contributed by atoms with Gasteiger partial charge in [-0.2, -0.15) is 13.2 Å². The Morgan fingerprint density at radius 1 is 1.35 bits per heavy atom. The Balaban J connectivity index is 2.08. The van der Waals surface area contributed by atoms with Gasteiger partial charge in [-0.1, -0.05) is 11.6 Å². The summed E-state index contributed by atoms with van der Waals surface area (Å²) in [4.78, 5) is 11.9. The zero-order valence-corrected chi connectivity index (χ0v) is 11.3. The van der Waals surface area contributed by atoms with Gasteiger partial charge >= 0.3 is 6.18 Å². The van der Waals surface area contributed by atoms with Crippen LogP contribution >= 0.6 is 11.6 Å². The quantitative estimate of drug-likeness (QED) is 0.879. The second-order valence-electron chi connectivity index (χ2n) is 4.95. The first-order valence-corrected chi connectivity index (χ1v) is 6.58. The summed E-state index contributed by atoms with van der Waals surface area (Å²) in [6, 6.07) is 2.87. The van der Waals surface area contributed by atoms with E-state index >= 15 is 0 Å². The van der Waals surface area contributed by atoms with Crippen LogP contribution < -0.4 is 11.1 Å². The molecule has 7 heteroatoms. The summed E-state index contributed by atoms with van der Waals surface area (Å²) in [5.41, 5.74) is 5.06. The second-order valence-corrected chi connectivity index (χ2v) is 5.36. The molecule has 2 rings (SSSR count). The average Bonchev–Trinajstić information content (AvgIpc) is 2.77. The lowest BCUT2D eigenvalue weighted by molar-refractivity contribution is -0.137. The van der Waals surface area contributed by atoms with Crippen molar-refractivity contribution in [1.82, 2.24) is 0 Å². The predicted molar refractivity (Wildman–Crippen MR) is 70.4 cm³/mol. The smallest absolute Gasteiger partial charge is 0.328 e. The number of hydrogen-bond donors (Lipinski definition) is 2. The van der Waals surface area contributed by atoms with Crippen molar-refractivity contribution in [2.24, 2.45) is 11.7 Å². The third kappa shape index (κ3) is 3.43. The van der Waals surface area contributed by atoms with Gasteiger partial charge in [0, 0.05) is 12.0 Å². The van der Waals surface area contributed by atoms with Crippen LogP contribution in [0.15, 0.2) is 18.2 Å². The molecule has 2 unspecified atom stereocenters. The van der Waals surface area contributed by atoms with Crippen molar-refractivity contribution < 1.29 is 18.0 Å². The van der Waals surface area contributed by atoms with Crippen LogP contribution in [0.25, 0.3) is 0 Å². The Bertz CT molecular complexity index is 519. The van der Waals surface area contributed by atoms with Gasteiger partial charge in [0.1, 0.15) is 0 Å². The van der Waals surface area contributed by atoms with E-state index < -0.39 is 11.7 Å². The highest BCUT2D eigenvalue weighted by Crippen LogP contribution is 2.34. The Labute approximate surface area is 119 Å². The highest BCUT2D eigenvalue weighted by molar-refractivity contribution is 6.33. The van der Waals surface area contributed by atoms with Gasteiger partial charge in [0.2, 0.25) is 5.91 Å². The molecular weight excluding hydrogens is 293 g/mol. The van der Waals surface area contributed by atoms with Gasteiger partial charge in [-0.15, -0.1) is 0 Å². The van der Waals surface area contributed by atoms with E-state index in [0.29, 0.717) is 12.8 Å². The minimum Gasteiger partial charge on any atom is -0.328 e. The van der Waals surface area contributed by atoms with E-state index in [0.717, 1.165) is 24.6 Å². The highest BCUT2D eigenvalue weighted by atomic mass is 35.5. The molecule has 1 saturated carbocycles. The molecule has 0 saturated heterocycles. The standard InChI is InChI=1S/C13H14ClF3N2O/c14-10-6-8(13(15,16)17)2-4-11(10)19-12(20)7-1-3-9(18)5-7/h2,4,6-7,9H,1,3,5,18H2,(H,19,20). The molecule has 0 heterocycles. The van der Waals surface area contributed by atoms with Gasteiger partial charge in [0.15, 0.2) is 0 Å². The summed E-state index contributed by atoms with van der Waals surface area (Å²) < 4.78 is 37.5. The van der Waals surface area contributed by atoms with Gasteiger partial charge in [0.05, 0.1) is 16.3 Å². The van der Waals surface area contributed by atoms with Crippen molar-refractivity contribution >= 4 is 23.2 Å². The minimum atomic E-state index is -4.45. The third-order valence-corrected chi connectivity index (χ3v) is 3.71. The first kappa shape index (κ1) is 15.1. The van der Waals surface area contributed by atoms with Crippen LogP contribution in [0.4, 0.5) is 18.9 Å². The molecule has 1 aliphatic rings. The van der Waals surface area contributed by atoms with Gasteiger partial charge in [0.25, 0.3) is 0 Å². The van der Waals surface area contributed by atoms with E-state index in [1.165, 1.54) is 0 Å². The molecule has 0 aromatic heterocycles. The summed E-state index contributed by atoms with van der Waals surface area (Å²) in [6.45, 7) is 0. The number of nitrogens with two attached hydrogens (primary N) is 1. The molecule has 3 nitrogen and oxygen atoms in total. The largest absolute Gasteiger partial charge is 0.416 e. The van der Waals surface area contributed by atoms with Crippen molar-refractivity contribution in [3.63, 3.8) is 0 Å². The van der Waals surface area contributed by atoms with Crippen molar-refractivity contribution in [2.45, 2.75) is 31.5 Å². The van der Waals surface area contributed by atoms with Crippen molar-refractivity contribution in [2.75, 3.05) is 5.32 Å². The van der Waals surface area contributed by atoms with Crippen LogP contribution in [-0.2, 0) is 11.0 Å². The van der Waals surface area contributed by atoms with Crippen LogP contribution in [0.2, 0.25) is 5.02 Å². The summed E-state index contributed by atoms with van der Waals surface area (Å²) in [5, 5.41) is 2.43. The molecule has 1 aromatic rings. The number of hydrogen-bond acceptors (Lipinski definition) is 2. The maximum absolute atomic E-state index is 12.5. The van der Waals surface area contributed by atoms with Gasteiger partial charge < -0.3 is 11.1 Å². The van der Waals surface area contributed by atoms with Crippen LogP contribution in [0, 0.1) is 5.92 Å². The fourth-order valence-electron chi connectivity index (χ4n) is 2.28. The molecule has 1 aliphatic carbocycles. The van der Waals surface area contributed by atoms with Crippen LogP contribution in [0.5, 0.6) is 0 Å². The summed E-state index contributed by atoms with van der Waals surface area (Å²) in [6.07, 6.45) is -2.40. The molecule has 2 atom stereocenters. The van der Waals surface area contributed by atoms with E-state index in [2.05, 4.69) is 5.32 Å². The number of nitrogens with one attached hydrogen (secondary N) is 1. The lowest BCUT2D eigenvalue weighted by atomic mass is 10.1. The topological polar surface area (TPSA) is 55.1 Å². The summed E-state index contributed by atoms with van der Waals surface area (Å²) in [7, 11) is 0. The SMILES string of the molecule is NC1CCC(C(=O)Nc2ccc(C(F)(F)F)cc2Cl)C1. The molecule has 0 aliphatic heterocycles. The zero-order valence-electron chi connectivity index (χ0n) is 10.5. The van der Waals surface area contributed by atoms with Crippen LogP contribution in [0.3, 0.4) is 0 Å². The number of carbonyl (C=O) groups is 1. The van der Waals surface area contributed by atoms with Gasteiger partial charge in [-0.05, 0) is 37.5 Å². The lowest BCUT2D eigenvalue weighted by Crippen LogP contribution is -2.23. The number of anilines is 1. The molecule has 3 N–H and O–H groups in total. The number of carbonyl (C=O) groups excluding carboxylic acids is 1. The molecule has 1 aromatic carbocycles. The molecule has 0 radical (unpaired) electrons. The fourth-order valence-corrected chi connectivity index (χ4v) is 2.51. The maximum Gasteiger partial charge on any atom is 0.416 e. The minimum absolute atomic E-state index is 0.00817. The molecule has 1 amide bonds. The van der Waals surface area contributed by atoms with Crippen molar-refractivity contribution in [3.8, 4) is 0 Å². The van der Waals surface area contributed by atoms with E-state index in [9.17, 15) is 18.0 Å². The monoisotopic (exact) mass is 306 g/mol. The third-order valence-electron chi connectivity index (χ3n) is 3.40. The summed E-state index contributed by atoms with van der Waals surface area (Å²) in [5.74, 6) is -0.456. The van der Waals surface area contributed by atoms with E-state index in [1.54, 1.807) is 0 Å². The molecule has 0 spiro atoms. The number of halogens is 4. The fraction of sp³-hybridized carbons (Fsp3) is 0.462. The molecule has 110 valence electrons. The van der Waals surface area contributed by atoms with Crippen molar-refractivity contribution in [3.05, 3.63) is 28.8 Å². The predicted octanol–water partition coefficient (Wildman–Crippen LogP) is 3.42. The maximum atomic E-state index is 12.5. The first-order valence-electron chi connectivity index (χ1n) is 6.20. The molecular formula is C13H14ClF3N2O. The zero-order chi connectivity index (χ0) is 14.9. The van der Waals surface area contributed by atoms with Crippen LogP contribution in [-0.4, -0.2) is 11.9 Å². The summed E-state index contributed by atoms with van der Waals surface area (Å²) >= 11 is 5.78. The Morgan fingerprint density at radius 3 is 2.55 bits per heavy atom. The van der Waals surface area contributed by atoms with Crippen molar-refractivity contribution in [1.29, 1.82) is 0 Å². The molecule has 0 bridgehead atoms. The Morgan fingerprint density at radius 2 is 2.05 bits per heavy atom. The van der Waals surface area contributed by atoms with Gasteiger partial charge in [-0.3, -0.25) is 4.79 Å². The molecule has 20 heavy (non-hydrogen) atoms. The number of amides is 1. The number of benzene rings is 1. The first-order chi connectivity index (χ1) is 9.27. The lowest BCUT2D eigenvalue weighted by Gasteiger charge is -2.13. The van der Waals surface area contributed by atoms with E-state index in [1.807, 2.05) is 0 Å². The Hall–Kier alpha value is -1.27. The second kappa shape index (κ2) is 5.61. The number of alkyl halides is 3.